The molecular weight excluding hydrogens is 212 g/mol. The number of nitro groups is 1. The first-order valence-corrected chi connectivity index (χ1v) is 4.58. The number of hydrogen-bond donors (Lipinski definition) is 0. The van der Waals surface area contributed by atoms with Crippen LogP contribution in [0.3, 0.4) is 0 Å². The van der Waals surface area contributed by atoms with E-state index < -0.39 is 22.7 Å². The summed E-state index contributed by atoms with van der Waals surface area (Å²) in [6, 6.07) is 4.54. The minimum Gasteiger partial charge on any atom is -0.308 e. The maximum atomic E-state index is 11.7. The van der Waals surface area contributed by atoms with Gasteiger partial charge < -0.3 is 4.90 Å². The highest BCUT2D eigenvalue weighted by atomic mass is 16.6. The van der Waals surface area contributed by atoms with Crippen molar-refractivity contribution in [1.82, 2.24) is 0 Å². The molecule has 0 bridgehead atoms. The Hall–Kier alpha value is -2.24. The van der Waals surface area contributed by atoms with Crippen LogP contribution in [-0.2, 0) is 4.79 Å². The number of rotatable bonds is 1. The SMILES string of the molecule is CN1C(=O)[C@@H]([N+](=O)[O-])C(=O)c2ccccc21. The van der Waals surface area contributed by atoms with Crippen molar-refractivity contribution in [1.29, 1.82) is 0 Å². The number of carbonyl (C=O) groups is 2. The molecule has 0 saturated carbocycles. The molecule has 2 rings (SSSR count). The Morgan fingerprint density at radius 1 is 1.31 bits per heavy atom. The van der Waals surface area contributed by atoms with E-state index in [1.54, 1.807) is 18.2 Å². The third-order valence-corrected chi connectivity index (χ3v) is 2.55. The van der Waals surface area contributed by atoms with E-state index in [1.807, 2.05) is 0 Å². The average molecular weight is 220 g/mol. The summed E-state index contributed by atoms with van der Waals surface area (Å²) in [6.07, 6.45) is 0. The van der Waals surface area contributed by atoms with Crippen molar-refractivity contribution in [3.63, 3.8) is 0 Å². The molecule has 1 aromatic rings. The van der Waals surface area contributed by atoms with Gasteiger partial charge in [0.25, 0.3) is 0 Å². The van der Waals surface area contributed by atoms with Crippen molar-refractivity contribution >= 4 is 17.4 Å². The second-order valence-electron chi connectivity index (χ2n) is 3.47. The summed E-state index contributed by atoms with van der Waals surface area (Å²) in [4.78, 5) is 34.3. The molecule has 16 heavy (non-hydrogen) atoms. The molecule has 1 atom stereocenters. The van der Waals surface area contributed by atoms with E-state index in [4.69, 9.17) is 0 Å². The van der Waals surface area contributed by atoms with Gasteiger partial charge in [0.2, 0.25) is 5.78 Å². The van der Waals surface area contributed by atoms with Gasteiger partial charge >= 0.3 is 11.9 Å². The van der Waals surface area contributed by atoms with Gasteiger partial charge in [-0.05, 0) is 12.1 Å². The van der Waals surface area contributed by atoms with Crippen LogP contribution in [0, 0.1) is 10.1 Å². The lowest BCUT2D eigenvalue weighted by Gasteiger charge is -2.25. The van der Waals surface area contributed by atoms with E-state index in [0.717, 1.165) is 4.90 Å². The number of fused-ring (bicyclic) bond motifs is 1. The molecule has 82 valence electrons. The highest BCUT2D eigenvalue weighted by Gasteiger charge is 2.46. The Morgan fingerprint density at radius 2 is 1.94 bits per heavy atom. The number of amides is 1. The molecule has 1 aliphatic heterocycles. The molecule has 0 spiro atoms. The maximum Gasteiger partial charge on any atom is 0.351 e. The van der Waals surface area contributed by atoms with Gasteiger partial charge in [-0.2, -0.15) is 0 Å². The zero-order valence-corrected chi connectivity index (χ0v) is 8.41. The molecule has 0 unspecified atom stereocenters. The van der Waals surface area contributed by atoms with E-state index >= 15 is 0 Å². The Morgan fingerprint density at radius 3 is 2.56 bits per heavy atom. The summed E-state index contributed by atoms with van der Waals surface area (Å²) in [5.74, 6) is -1.54. The van der Waals surface area contributed by atoms with E-state index in [0.29, 0.717) is 5.69 Å². The standard InChI is InChI=1S/C10H8N2O4/c1-11-7-5-3-2-4-6(7)9(13)8(10(11)14)12(15)16/h2-5,8H,1H3/t8-/m0/s1. The number of nitrogens with zero attached hydrogens (tertiary/aromatic N) is 2. The molecular formula is C10H8N2O4. The first-order chi connectivity index (χ1) is 7.54. The van der Waals surface area contributed by atoms with Crippen molar-refractivity contribution in [2.45, 2.75) is 6.04 Å². The number of benzene rings is 1. The molecule has 0 aromatic heterocycles. The number of para-hydroxylation sites is 1. The van der Waals surface area contributed by atoms with Crippen molar-refractivity contribution < 1.29 is 14.5 Å². The molecule has 1 aromatic carbocycles. The van der Waals surface area contributed by atoms with E-state index in [9.17, 15) is 19.7 Å². The summed E-state index contributed by atoms with van der Waals surface area (Å²) < 4.78 is 0. The van der Waals surface area contributed by atoms with Gasteiger partial charge in [-0.25, -0.2) is 0 Å². The van der Waals surface area contributed by atoms with Crippen LogP contribution in [0.5, 0.6) is 0 Å². The third kappa shape index (κ3) is 1.27. The maximum absolute atomic E-state index is 11.7. The molecule has 0 N–H and O–H groups in total. The van der Waals surface area contributed by atoms with E-state index in [1.165, 1.54) is 13.1 Å². The van der Waals surface area contributed by atoms with Crippen LogP contribution in [0.25, 0.3) is 0 Å². The average Bonchev–Trinajstić information content (AvgIpc) is 2.26. The van der Waals surface area contributed by atoms with Gasteiger partial charge in [-0.1, -0.05) is 12.1 Å². The topological polar surface area (TPSA) is 80.5 Å². The van der Waals surface area contributed by atoms with E-state index in [2.05, 4.69) is 0 Å². The van der Waals surface area contributed by atoms with Crippen LogP contribution in [0.2, 0.25) is 0 Å². The molecule has 6 nitrogen and oxygen atoms in total. The van der Waals surface area contributed by atoms with Crippen LogP contribution >= 0.6 is 0 Å². The van der Waals surface area contributed by atoms with Gasteiger partial charge in [-0.3, -0.25) is 19.7 Å². The second-order valence-corrected chi connectivity index (χ2v) is 3.47. The van der Waals surface area contributed by atoms with Crippen molar-refractivity contribution in [3.05, 3.63) is 39.9 Å². The number of carbonyl (C=O) groups excluding carboxylic acids is 2. The number of anilines is 1. The summed E-state index contributed by atoms with van der Waals surface area (Å²) in [6.45, 7) is 0. The molecule has 1 aliphatic rings. The van der Waals surface area contributed by atoms with Crippen LogP contribution < -0.4 is 4.90 Å². The Labute approximate surface area is 90.6 Å². The molecule has 0 radical (unpaired) electrons. The van der Waals surface area contributed by atoms with Crippen molar-refractivity contribution in [3.8, 4) is 0 Å². The highest BCUT2D eigenvalue weighted by Crippen LogP contribution is 2.27. The fourth-order valence-electron chi connectivity index (χ4n) is 1.72. The largest absolute Gasteiger partial charge is 0.351 e. The molecule has 0 saturated heterocycles. The fraction of sp³-hybridized carbons (Fsp3) is 0.200. The van der Waals surface area contributed by atoms with Crippen LogP contribution in [0.4, 0.5) is 5.69 Å². The summed E-state index contributed by atoms with van der Waals surface area (Å²) in [7, 11) is 1.42. The molecule has 6 heteroatoms. The number of likely N-dealkylation sites (N-methyl/N-ethyl adjacent to an activating group) is 1. The number of hydrogen-bond acceptors (Lipinski definition) is 4. The first kappa shape index (κ1) is 10.3. The zero-order chi connectivity index (χ0) is 11.9. The highest BCUT2D eigenvalue weighted by molar-refractivity contribution is 6.23. The predicted molar refractivity (Wildman–Crippen MR) is 55.0 cm³/mol. The van der Waals surface area contributed by atoms with E-state index in [-0.39, 0.29) is 5.56 Å². The number of ketones is 1. The van der Waals surface area contributed by atoms with Gasteiger partial charge in [-0.15, -0.1) is 0 Å². The molecule has 1 heterocycles. The van der Waals surface area contributed by atoms with Gasteiger partial charge in [0.05, 0.1) is 5.69 Å². The monoisotopic (exact) mass is 220 g/mol. The summed E-state index contributed by atoms with van der Waals surface area (Å²) >= 11 is 0. The molecule has 1 amide bonds. The Balaban J connectivity index is 2.60. The first-order valence-electron chi connectivity index (χ1n) is 4.58. The smallest absolute Gasteiger partial charge is 0.308 e. The summed E-state index contributed by atoms with van der Waals surface area (Å²) in [5, 5.41) is 10.7. The van der Waals surface area contributed by atoms with Crippen LogP contribution in [-0.4, -0.2) is 29.7 Å². The van der Waals surface area contributed by atoms with Gasteiger partial charge in [0.1, 0.15) is 0 Å². The summed E-state index contributed by atoms with van der Waals surface area (Å²) in [5.41, 5.74) is 0.627. The minimum absolute atomic E-state index is 0.214. The molecule has 0 fully saturated rings. The Bertz CT molecular complexity index is 497. The lowest BCUT2D eigenvalue weighted by Crippen LogP contribution is -2.50. The lowest BCUT2D eigenvalue weighted by atomic mass is 9.96. The normalized spacial score (nSPS) is 19.6. The fourth-order valence-corrected chi connectivity index (χ4v) is 1.72. The van der Waals surface area contributed by atoms with Crippen LogP contribution in [0.15, 0.2) is 24.3 Å². The molecule has 0 aliphatic carbocycles. The van der Waals surface area contributed by atoms with Gasteiger partial charge in [0, 0.05) is 17.5 Å². The van der Waals surface area contributed by atoms with Crippen molar-refractivity contribution in [2.75, 3.05) is 11.9 Å². The Kier molecular flexibility index (Phi) is 2.19. The lowest BCUT2D eigenvalue weighted by molar-refractivity contribution is -0.491. The zero-order valence-electron chi connectivity index (χ0n) is 8.41. The quantitative estimate of drug-likeness (QED) is 0.392. The second kappa shape index (κ2) is 3.41. The van der Waals surface area contributed by atoms with Gasteiger partial charge in [0.15, 0.2) is 0 Å². The predicted octanol–water partition coefficient (Wildman–Crippen LogP) is 0.491. The van der Waals surface area contributed by atoms with Crippen molar-refractivity contribution in [2.24, 2.45) is 0 Å². The van der Waals surface area contributed by atoms with Crippen LogP contribution in [0.1, 0.15) is 10.4 Å². The number of Topliss-reactive ketones (excluding diaryl/α,β-unsaturated/α-hetero) is 1. The minimum atomic E-state index is -1.81. The third-order valence-electron chi connectivity index (χ3n) is 2.55.